The fourth-order valence-corrected chi connectivity index (χ4v) is 3.43. The molecule has 2 fully saturated rings. The molecule has 1 aliphatic heterocycles. The molecule has 1 aromatic heterocycles. The van der Waals surface area contributed by atoms with Crippen LogP contribution in [-0.2, 0) is 0 Å². The summed E-state index contributed by atoms with van der Waals surface area (Å²) in [6, 6.07) is 1.90. The number of rotatable bonds is 1. The van der Waals surface area contributed by atoms with Gasteiger partial charge in [0.2, 0.25) is 0 Å². The van der Waals surface area contributed by atoms with E-state index in [1.807, 2.05) is 19.2 Å². The van der Waals surface area contributed by atoms with E-state index in [-0.39, 0.29) is 5.91 Å². The summed E-state index contributed by atoms with van der Waals surface area (Å²) < 4.78 is 0. The van der Waals surface area contributed by atoms with Crippen molar-refractivity contribution in [1.29, 1.82) is 0 Å². The number of hydrogen-bond donors (Lipinski definition) is 1. The third kappa shape index (κ3) is 1.88. The number of nitrogens with one attached hydrogen (secondary N) is 1. The van der Waals surface area contributed by atoms with E-state index >= 15 is 0 Å². The highest BCUT2D eigenvalue weighted by Gasteiger charge is 2.36. The Morgan fingerprint density at radius 2 is 1.94 bits per heavy atom. The predicted molar refractivity (Wildman–Crippen MR) is 66.9 cm³/mol. The van der Waals surface area contributed by atoms with Crippen LogP contribution in [0.15, 0.2) is 12.3 Å². The van der Waals surface area contributed by atoms with E-state index < -0.39 is 0 Å². The minimum atomic E-state index is 0.221. The molecule has 1 saturated heterocycles. The van der Waals surface area contributed by atoms with Gasteiger partial charge < -0.3 is 9.88 Å². The minimum absolute atomic E-state index is 0.221. The first-order valence-corrected chi connectivity index (χ1v) is 6.69. The number of aromatic nitrogens is 1. The Morgan fingerprint density at radius 3 is 2.47 bits per heavy atom. The van der Waals surface area contributed by atoms with Crippen molar-refractivity contribution in [2.45, 2.75) is 32.6 Å². The number of nitrogens with zero attached hydrogens (tertiary/aromatic N) is 1. The molecule has 3 rings (SSSR count). The van der Waals surface area contributed by atoms with Crippen molar-refractivity contribution in [3.05, 3.63) is 23.5 Å². The lowest BCUT2D eigenvalue weighted by molar-refractivity contribution is 0.0783. The Labute approximate surface area is 102 Å². The molecule has 1 amide bonds. The van der Waals surface area contributed by atoms with Gasteiger partial charge in [-0.2, -0.15) is 0 Å². The van der Waals surface area contributed by atoms with Gasteiger partial charge in [-0.05, 0) is 37.7 Å². The van der Waals surface area contributed by atoms with Crippen LogP contribution in [0.3, 0.4) is 0 Å². The number of carbonyl (C=O) groups is 1. The Bertz CT molecular complexity index is 410. The van der Waals surface area contributed by atoms with Crippen molar-refractivity contribution in [3.8, 4) is 0 Å². The number of aryl methyl sites for hydroxylation is 1. The molecular weight excluding hydrogens is 212 g/mol. The highest BCUT2D eigenvalue weighted by atomic mass is 16.2. The van der Waals surface area contributed by atoms with Crippen LogP contribution in [-0.4, -0.2) is 28.9 Å². The Balaban J connectivity index is 1.74. The van der Waals surface area contributed by atoms with Crippen molar-refractivity contribution < 1.29 is 4.79 Å². The van der Waals surface area contributed by atoms with E-state index in [0.29, 0.717) is 0 Å². The fraction of sp³-hybridized carbons (Fsp3) is 0.643. The molecule has 1 aromatic rings. The molecule has 3 nitrogen and oxygen atoms in total. The molecule has 2 unspecified atom stereocenters. The number of fused-ring (bicyclic) bond motifs is 1. The van der Waals surface area contributed by atoms with Crippen LogP contribution in [0, 0.1) is 18.8 Å². The van der Waals surface area contributed by atoms with Gasteiger partial charge in [0, 0.05) is 25.0 Å². The molecular formula is C14H20N2O. The minimum Gasteiger partial charge on any atom is -0.365 e. The Morgan fingerprint density at radius 1 is 1.29 bits per heavy atom. The second-order valence-electron chi connectivity index (χ2n) is 5.53. The van der Waals surface area contributed by atoms with E-state index in [0.717, 1.165) is 36.2 Å². The molecule has 92 valence electrons. The number of H-pyrrole nitrogens is 1. The average Bonchev–Trinajstić information content (AvgIpc) is 2.93. The third-order valence-electron chi connectivity index (χ3n) is 4.45. The summed E-state index contributed by atoms with van der Waals surface area (Å²) in [6.45, 7) is 3.93. The molecule has 0 radical (unpaired) electrons. The van der Waals surface area contributed by atoms with Crippen molar-refractivity contribution in [3.63, 3.8) is 0 Å². The van der Waals surface area contributed by atoms with Gasteiger partial charge in [-0.1, -0.05) is 12.8 Å². The zero-order chi connectivity index (χ0) is 11.8. The van der Waals surface area contributed by atoms with Crippen molar-refractivity contribution in [1.82, 2.24) is 9.88 Å². The van der Waals surface area contributed by atoms with Gasteiger partial charge in [-0.15, -0.1) is 0 Å². The van der Waals surface area contributed by atoms with Gasteiger partial charge in [-0.3, -0.25) is 4.79 Å². The topological polar surface area (TPSA) is 36.1 Å². The van der Waals surface area contributed by atoms with Crippen molar-refractivity contribution >= 4 is 5.91 Å². The first-order chi connectivity index (χ1) is 8.25. The summed E-state index contributed by atoms with van der Waals surface area (Å²) in [7, 11) is 0. The fourth-order valence-electron chi connectivity index (χ4n) is 3.43. The molecule has 17 heavy (non-hydrogen) atoms. The van der Waals surface area contributed by atoms with Crippen molar-refractivity contribution in [2.24, 2.45) is 11.8 Å². The van der Waals surface area contributed by atoms with Gasteiger partial charge in [0.15, 0.2) is 0 Å². The monoisotopic (exact) mass is 232 g/mol. The van der Waals surface area contributed by atoms with Gasteiger partial charge in [0.05, 0.1) is 5.56 Å². The maximum Gasteiger partial charge on any atom is 0.255 e. The molecule has 1 aliphatic carbocycles. The van der Waals surface area contributed by atoms with Crippen LogP contribution >= 0.6 is 0 Å². The maximum atomic E-state index is 12.4. The third-order valence-corrected chi connectivity index (χ3v) is 4.45. The van der Waals surface area contributed by atoms with E-state index in [9.17, 15) is 4.79 Å². The number of likely N-dealkylation sites (tertiary alicyclic amines) is 1. The molecule has 3 heteroatoms. The lowest BCUT2D eigenvalue weighted by Gasteiger charge is -2.22. The summed E-state index contributed by atoms with van der Waals surface area (Å²) in [6.07, 6.45) is 7.20. The van der Waals surface area contributed by atoms with E-state index in [4.69, 9.17) is 0 Å². The van der Waals surface area contributed by atoms with Gasteiger partial charge in [0.25, 0.3) is 5.91 Å². The largest absolute Gasteiger partial charge is 0.365 e. The highest BCUT2D eigenvalue weighted by Crippen LogP contribution is 2.36. The number of aromatic amines is 1. The average molecular weight is 232 g/mol. The smallest absolute Gasteiger partial charge is 0.255 e. The van der Waals surface area contributed by atoms with Gasteiger partial charge >= 0.3 is 0 Å². The number of hydrogen-bond acceptors (Lipinski definition) is 1. The normalized spacial score (nSPS) is 28.2. The van der Waals surface area contributed by atoms with Crippen LogP contribution in [0.25, 0.3) is 0 Å². The highest BCUT2D eigenvalue weighted by molar-refractivity contribution is 5.95. The lowest BCUT2D eigenvalue weighted by atomic mass is 9.82. The molecule has 1 saturated carbocycles. The van der Waals surface area contributed by atoms with E-state index in [2.05, 4.69) is 9.88 Å². The van der Waals surface area contributed by atoms with Crippen LogP contribution in [0.5, 0.6) is 0 Å². The molecule has 0 spiro atoms. The molecule has 0 bridgehead atoms. The molecule has 2 atom stereocenters. The Kier molecular flexibility index (Phi) is 2.69. The second-order valence-corrected chi connectivity index (χ2v) is 5.53. The summed E-state index contributed by atoms with van der Waals surface area (Å²) in [5.41, 5.74) is 1.84. The van der Waals surface area contributed by atoms with Gasteiger partial charge in [-0.25, -0.2) is 0 Å². The first kappa shape index (κ1) is 10.9. The van der Waals surface area contributed by atoms with Crippen LogP contribution in [0.2, 0.25) is 0 Å². The molecule has 2 heterocycles. The Hall–Kier alpha value is -1.25. The van der Waals surface area contributed by atoms with Crippen LogP contribution < -0.4 is 0 Å². The van der Waals surface area contributed by atoms with E-state index in [1.165, 1.54) is 25.7 Å². The summed E-state index contributed by atoms with van der Waals surface area (Å²) in [5, 5.41) is 0. The predicted octanol–water partition coefficient (Wildman–Crippen LogP) is 2.59. The number of carbonyl (C=O) groups excluding carboxylic acids is 1. The summed E-state index contributed by atoms with van der Waals surface area (Å²) in [5.74, 6) is 1.76. The SMILES string of the molecule is Cc1[nH]ccc1C(=O)N1CC2CCCCC2C1. The molecule has 2 aliphatic rings. The summed E-state index contributed by atoms with van der Waals surface area (Å²) in [4.78, 5) is 17.5. The first-order valence-electron chi connectivity index (χ1n) is 6.69. The summed E-state index contributed by atoms with van der Waals surface area (Å²) >= 11 is 0. The second kappa shape index (κ2) is 4.21. The van der Waals surface area contributed by atoms with Crippen LogP contribution in [0.4, 0.5) is 0 Å². The van der Waals surface area contributed by atoms with Gasteiger partial charge in [0.1, 0.15) is 0 Å². The molecule has 1 N–H and O–H groups in total. The van der Waals surface area contributed by atoms with Crippen LogP contribution in [0.1, 0.15) is 41.7 Å². The number of amides is 1. The maximum absolute atomic E-state index is 12.4. The van der Waals surface area contributed by atoms with Crippen molar-refractivity contribution in [2.75, 3.05) is 13.1 Å². The van der Waals surface area contributed by atoms with E-state index in [1.54, 1.807) is 0 Å². The lowest BCUT2D eigenvalue weighted by Crippen LogP contribution is -2.29. The standard InChI is InChI=1S/C14H20N2O/c1-10-13(6-7-15-10)14(17)16-8-11-4-2-3-5-12(11)9-16/h6-7,11-12,15H,2-5,8-9H2,1H3. The zero-order valence-corrected chi connectivity index (χ0v) is 10.4. The zero-order valence-electron chi connectivity index (χ0n) is 10.4. The quantitative estimate of drug-likeness (QED) is 0.793. The molecule has 0 aromatic carbocycles.